The molecule has 1 heterocycles. The number of carbonyl (C=O) groups excluding carboxylic acids is 1. The maximum Gasteiger partial charge on any atom is 0.251 e. The third kappa shape index (κ3) is 4.46. The number of amides is 1. The van der Waals surface area contributed by atoms with Gasteiger partial charge in [0.1, 0.15) is 12.4 Å². The van der Waals surface area contributed by atoms with Crippen molar-refractivity contribution in [3.8, 4) is 5.75 Å². The first-order valence-corrected chi connectivity index (χ1v) is 8.77. The van der Waals surface area contributed by atoms with Gasteiger partial charge < -0.3 is 10.1 Å². The van der Waals surface area contributed by atoms with E-state index >= 15 is 0 Å². The summed E-state index contributed by atoms with van der Waals surface area (Å²) in [5.41, 5.74) is 1.55. The third-order valence-corrected chi connectivity index (χ3v) is 4.57. The molecule has 0 aliphatic rings. The molecule has 0 saturated carbocycles. The molecule has 0 atom stereocenters. The van der Waals surface area contributed by atoms with Crippen molar-refractivity contribution in [2.24, 2.45) is 0 Å². The van der Waals surface area contributed by atoms with Crippen LogP contribution in [0.25, 0.3) is 0 Å². The molecule has 0 unspecified atom stereocenters. The van der Waals surface area contributed by atoms with Gasteiger partial charge in [0.25, 0.3) is 5.91 Å². The Morgan fingerprint density at radius 3 is 2.54 bits per heavy atom. The van der Waals surface area contributed by atoms with Crippen molar-refractivity contribution in [3.05, 3.63) is 88.1 Å². The zero-order valence-electron chi connectivity index (χ0n) is 13.3. The highest BCUT2D eigenvalue weighted by Crippen LogP contribution is 2.15. The Morgan fingerprint density at radius 1 is 0.958 bits per heavy atom. The average Bonchev–Trinajstić information content (AvgIpc) is 3.14. The lowest BCUT2D eigenvalue weighted by Crippen LogP contribution is -2.26. The van der Waals surface area contributed by atoms with Gasteiger partial charge in [-0.3, -0.25) is 4.79 Å². The second kappa shape index (κ2) is 8.31. The van der Waals surface area contributed by atoms with E-state index in [9.17, 15) is 4.79 Å². The molecule has 24 heavy (non-hydrogen) atoms. The van der Waals surface area contributed by atoms with Gasteiger partial charge in [-0.15, -0.1) is 11.3 Å². The van der Waals surface area contributed by atoms with Crippen molar-refractivity contribution >= 4 is 17.2 Å². The topological polar surface area (TPSA) is 38.3 Å². The van der Waals surface area contributed by atoms with Gasteiger partial charge in [-0.1, -0.05) is 42.5 Å². The Kier molecular flexibility index (Phi) is 5.64. The van der Waals surface area contributed by atoms with Gasteiger partial charge in [0, 0.05) is 22.5 Å². The number of carbonyl (C=O) groups is 1. The van der Waals surface area contributed by atoms with E-state index in [0.717, 1.165) is 17.7 Å². The summed E-state index contributed by atoms with van der Waals surface area (Å²) < 4.78 is 5.77. The van der Waals surface area contributed by atoms with E-state index in [0.29, 0.717) is 18.7 Å². The lowest BCUT2D eigenvalue weighted by Gasteiger charge is -2.11. The van der Waals surface area contributed by atoms with Crippen molar-refractivity contribution in [2.45, 2.75) is 13.0 Å². The minimum absolute atomic E-state index is 0.0567. The van der Waals surface area contributed by atoms with Gasteiger partial charge in [-0.25, -0.2) is 0 Å². The molecule has 1 aromatic heterocycles. The summed E-state index contributed by atoms with van der Waals surface area (Å²) in [6.07, 6.45) is 0.853. The van der Waals surface area contributed by atoms with Crippen molar-refractivity contribution in [2.75, 3.05) is 6.54 Å². The van der Waals surface area contributed by atoms with Crippen LogP contribution in [0, 0.1) is 0 Å². The highest BCUT2D eigenvalue weighted by Gasteiger charge is 2.11. The molecule has 122 valence electrons. The predicted octanol–water partition coefficient (Wildman–Crippen LogP) is 4.30. The van der Waals surface area contributed by atoms with Crippen LogP contribution in [0.5, 0.6) is 5.75 Å². The van der Waals surface area contributed by atoms with E-state index in [1.807, 2.05) is 66.0 Å². The fourth-order valence-corrected chi connectivity index (χ4v) is 3.10. The van der Waals surface area contributed by atoms with Crippen LogP contribution in [0.15, 0.2) is 72.1 Å². The van der Waals surface area contributed by atoms with Crippen LogP contribution in [0.2, 0.25) is 0 Å². The summed E-state index contributed by atoms with van der Waals surface area (Å²) in [5, 5.41) is 5.04. The molecule has 4 heteroatoms. The molecule has 0 fully saturated rings. The first kappa shape index (κ1) is 16.3. The number of ether oxygens (including phenoxy) is 1. The zero-order chi connectivity index (χ0) is 16.6. The van der Waals surface area contributed by atoms with Gasteiger partial charge in [0.05, 0.1) is 0 Å². The highest BCUT2D eigenvalue weighted by atomic mass is 32.1. The molecule has 0 radical (unpaired) electrons. The Hall–Kier alpha value is -2.59. The molecule has 1 amide bonds. The minimum Gasteiger partial charge on any atom is -0.489 e. The number of benzene rings is 2. The van der Waals surface area contributed by atoms with Crippen molar-refractivity contribution in [3.63, 3.8) is 0 Å². The van der Waals surface area contributed by atoms with Gasteiger partial charge in [0.15, 0.2) is 0 Å². The Morgan fingerprint density at radius 2 is 1.75 bits per heavy atom. The first-order valence-electron chi connectivity index (χ1n) is 7.89. The van der Waals surface area contributed by atoms with Crippen LogP contribution >= 0.6 is 11.3 Å². The number of nitrogens with one attached hydrogen (secondary N) is 1. The van der Waals surface area contributed by atoms with Gasteiger partial charge in [-0.2, -0.15) is 0 Å². The van der Waals surface area contributed by atoms with Gasteiger partial charge in [-0.05, 0) is 36.1 Å². The standard InChI is InChI=1S/C20H19NO2S/c22-20(21-13-12-18-10-6-14-24-18)19-11-5-4-7-16(19)15-23-17-8-2-1-3-9-17/h1-11,14H,12-13,15H2,(H,21,22). The SMILES string of the molecule is O=C(NCCc1cccs1)c1ccccc1COc1ccccc1. The monoisotopic (exact) mass is 337 g/mol. The van der Waals surface area contributed by atoms with Crippen LogP contribution in [0.4, 0.5) is 0 Å². The summed E-state index contributed by atoms with van der Waals surface area (Å²) in [6.45, 7) is 1.01. The second-order valence-corrected chi connectivity index (χ2v) is 6.38. The highest BCUT2D eigenvalue weighted by molar-refractivity contribution is 7.09. The van der Waals surface area contributed by atoms with E-state index in [1.54, 1.807) is 11.3 Å². The van der Waals surface area contributed by atoms with Crippen molar-refractivity contribution in [1.29, 1.82) is 0 Å². The fraction of sp³-hybridized carbons (Fsp3) is 0.150. The maximum absolute atomic E-state index is 12.4. The average molecular weight is 337 g/mol. The van der Waals surface area contributed by atoms with Gasteiger partial charge >= 0.3 is 0 Å². The number of rotatable bonds is 7. The predicted molar refractivity (Wildman–Crippen MR) is 97.6 cm³/mol. The van der Waals surface area contributed by atoms with E-state index in [2.05, 4.69) is 11.4 Å². The zero-order valence-corrected chi connectivity index (χ0v) is 14.1. The maximum atomic E-state index is 12.4. The Balaban J connectivity index is 1.59. The number of para-hydroxylation sites is 1. The molecular formula is C20H19NO2S. The van der Waals surface area contributed by atoms with E-state index in [-0.39, 0.29) is 5.91 Å². The fourth-order valence-electron chi connectivity index (χ4n) is 2.39. The quantitative estimate of drug-likeness (QED) is 0.698. The molecule has 0 aliphatic heterocycles. The van der Waals surface area contributed by atoms with E-state index in [1.165, 1.54) is 4.88 Å². The molecule has 0 saturated heterocycles. The van der Waals surface area contributed by atoms with Crippen molar-refractivity contribution in [1.82, 2.24) is 5.32 Å². The first-order chi connectivity index (χ1) is 11.8. The lowest BCUT2D eigenvalue weighted by atomic mass is 10.1. The summed E-state index contributed by atoms with van der Waals surface area (Å²) >= 11 is 1.71. The Bertz CT molecular complexity index is 769. The number of hydrogen-bond donors (Lipinski definition) is 1. The summed E-state index contributed by atoms with van der Waals surface area (Å²) in [6, 6.07) is 21.3. The van der Waals surface area contributed by atoms with Gasteiger partial charge in [0.2, 0.25) is 0 Å². The molecular weight excluding hydrogens is 318 g/mol. The number of hydrogen-bond acceptors (Lipinski definition) is 3. The molecule has 2 aromatic carbocycles. The Labute approximate surface area is 145 Å². The summed E-state index contributed by atoms with van der Waals surface area (Å²) in [7, 11) is 0. The second-order valence-electron chi connectivity index (χ2n) is 5.34. The molecule has 0 aliphatic carbocycles. The molecule has 0 bridgehead atoms. The van der Waals surface area contributed by atoms with Crippen LogP contribution in [0.3, 0.4) is 0 Å². The van der Waals surface area contributed by atoms with Crippen LogP contribution in [-0.4, -0.2) is 12.5 Å². The van der Waals surface area contributed by atoms with Crippen LogP contribution in [-0.2, 0) is 13.0 Å². The normalized spacial score (nSPS) is 10.3. The largest absolute Gasteiger partial charge is 0.489 e. The van der Waals surface area contributed by atoms with Crippen LogP contribution < -0.4 is 10.1 Å². The van der Waals surface area contributed by atoms with E-state index < -0.39 is 0 Å². The summed E-state index contributed by atoms with van der Waals surface area (Å²) in [4.78, 5) is 13.7. The molecule has 3 aromatic rings. The molecule has 1 N–H and O–H groups in total. The molecule has 0 spiro atoms. The third-order valence-electron chi connectivity index (χ3n) is 3.64. The van der Waals surface area contributed by atoms with Crippen molar-refractivity contribution < 1.29 is 9.53 Å². The minimum atomic E-state index is -0.0567. The lowest BCUT2D eigenvalue weighted by molar-refractivity contribution is 0.0951. The molecule has 3 nitrogen and oxygen atoms in total. The summed E-state index contributed by atoms with van der Waals surface area (Å²) in [5.74, 6) is 0.740. The van der Waals surface area contributed by atoms with E-state index in [4.69, 9.17) is 4.74 Å². The molecule has 3 rings (SSSR count). The van der Waals surface area contributed by atoms with Crippen LogP contribution in [0.1, 0.15) is 20.8 Å². The number of thiophene rings is 1. The smallest absolute Gasteiger partial charge is 0.251 e.